The number of hydrogen-bond donors (Lipinski definition) is 1. The molecular formula is C11H10F3N3O4S. The van der Waals surface area contributed by atoms with E-state index in [4.69, 9.17) is 0 Å². The van der Waals surface area contributed by atoms with Crippen LogP contribution in [0.5, 0.6) is 5.75 Å². The summed E-state index contributed by atoms with van der Waals surface area (Å²) >= 11 is 0. The maximum atomic E-state index is 12.1. The van der Waals surface area contributed by atoms with Gasteiger partial charge in [0, 0.05) is 7.05 Å². The molecular weight excluding hydrogens is 327 g/mol. The van der Waals surface area contributed by atoms with E-state index in [1.807, 2.05) is 0 Å². The Bertz CT molecular complexity index is 822. The van der Waals surface area contributed by atoms with Gasteiger partial charge in [-0.2, -0.15) is 5.10 Å². The first kappa shape index (κ1) is 16.1. The average molecular weight is 337 g/mol. The number of benzene rings is 1. The van der Waals surface area contributed by atoms with Crippen molar-refractivity contribution in [2.45, 2.75) is 17.0 Å². The minimum Gasteiger partial charge on any atom is -0.406 e. The summed E-state index contributed by atoms with van der Waals surface area (Å²) in [5.74, 6) is -1.18. The number of rotatable bonds is 4. The fourth-order valence-corrected chi connectivity index (χ4v) is 2.84. The van der Waals surface area contributed by atoms with Crippen molar-refractivity contribution in [1.82, 2.24) is 14.8 Å². The van der Waals surface area contributed by atoms with Gasteiger partial charge in [-0.1, -0.05) is 0 Å². The molecule has 0 radical (unpaired) electrons. The quantitative estimate of drug-likeness (QED) is 0.897. The molecule has 7 nitrogen and oxygen atoms in total. The number of nitrogens with one attached hydrogen (secondary N) is 1. The summed E-state index contributed by atoms with van der Waals surface area (Å²) < 4.78 is 64.8. The monoisotopic (exact) mass is 337 g/mol. The zero-order valence-electron chi connectivity index (χ0n) is 11.1. The molecule has 1 N–H and O–H groups in total. The largest absolute Gasteiger partial charge is 0.573 e. The van der Waals surface area contributed by atoms with Crippen LogP contribution in [0, 0.1) is 0 Å². The molecule has 0 bridgehead atoms. The van der Waals surface area contributed by atoms with Gasteiger partial charge in [0.2, 0.25) is 0 Å². The molecule has 0 spiro atoms. The van der Waals surface area contributed by atoms with Crippen LogP contribution in [-0.2, 0) is 22.6 Å². The van der Waals surface area contributed by atoms with Crippen LogP contribution in [0.25, 0.3) is 0 Å². The second kappa shape index (κ2) is 5.48. The fourth-order valence-electron chi connectivity index (χ4n) is 1.63. The number of H-pyrrole nitrogens is 1. The molecule has 0 fully saturated rings. The minimum atomic E-state index is -4.85. The lowest BCUT2D eigenvalue weighted by molar-refractivity contribution is -0.274. The third-order valence-electron chi connectivity index (χ3n) is 2.56. The number of hydrogen-bond acceptors (Lipinski definition) is 5. The van der Waals surface area contributed by atoms with Gasteiger partial charge in [-0.25, -0.2) is 17.9 Å². The first-order chi connectivity index (χ1) is 10.1. The van der Waals surface area contributed by atoms with Crippen molar-refractivity contribution >= 4 is 9.84 Å². The maximum Gasteiger partial charge on any atom is 0.573 e. The van der Waals surface area contributed by atoms with Crippen molar-refractivity contribution in [3.8, 4) is 5.75 Å². The van der Waals surface area contributed by atoms with Gasteiger partial charge in [0.15, 0.2) is 9.84 Å². The van der Waals surface area contributed by atoms with Crippen LogP contribution in [0.3, 0.4) is 0 Å². The van der Waals surface area contributed by atoms with Crippen LogP contribution in [0.4, 0.5) is 13.2 Å². The smallest absolute Gasteiger partial charge is 0.406 e. The van der Waals surface area contributed by atoms with E-state index in [-0.39, 0.29) is 10.7 Å². The Morgan fingerprint density at radius 2 is 1.86 bits per heavy atom. The molecule has 11 heteroatoms. The first-order valence-electron chi connectivity index (χ1n) is 5.77. The van der Waals surface area contributed by atoms with Crippen molar-refractivity contribution in [2.75, 3.05) is 0 Å². The molecule has 0 amide bonds. The predicted molar refractivity (Wildman–Crippen MR) is 67.8 cm³/mol. The molecule has 1 heterocycles. The molecule has 0 unspecified atom stereocenters. The van der Waals surface area contributed by atoms with Gasteiger partial charge >= 0.3 is 12.1 Å². The van der Waals surface area contributed by atoms with Gasteiger partial charge in [0.1, 0.15) is 17.3 Å². The lowest BCUT2D eigenvalue weighted by Gasteiger charge is -2.09. The highest BCUT2D eigenvalue weighted by atomic mass is 32.2. The molecule has 0 aliphatic carbocycles. The Balaban J connectivity index is 2.21. The van der Waals surface area contributed by atoms with E-state index in [1.165, 1.54) is 7.05 Å². The zero-order chi connectivity index (χ0) is 16.5. The minimum absolute atomic E-state index is 0.0666. The summed E-state index contributed by atoms with van der Waals surface area (Å²) in [4.78, 5) is 13.2. The molecule has 2 aromatic rings. The van der Waals surface area contributed by atoms with Crippen LogP contribution >= 0.6 is 0 Å². The Hall–Kier alpha value is -2.30. The van der Waals surface area contributed by atoms with E-state index >= 15 is 0 Å². The summed E-state index contributed by atoms with van der Waals surface area (Å²) in [6.45, 7) is 0. The molecule has 0 atom stereocenters. The number of sulfone groups is 1. The molecule has 2 rings (SSSR count). The molecule has 120 valence electrons. The molecule has 1 aromatic carbocycles. The standard InChI is InChI=1S/C11H10F3N3O4S/c1-17-10(18)15-9(16-17)6-22(19,20)8-4-2-7(3-5-8)21-11(12,13)14/h2-5H,6H2,1H3,(H,15,16,18). The number of aromatic nitrogens is 3. The molecule has 1 aromatic heterocycles. The third-order valence-corrected chi connectivity index (χ3v) is 4.20. The van der Waals surface area contributed by atoms with E-state index in [0.29, 0.717) is 0 Å². The molecule has 0 aliphatic rings. The van der Waals surface area contributed by atoms with E-state index in [9.17, 15) is 26.4 Å². The fraction of sp³-hybridized carbons (Fsp3) is 0.273. The van der Waals surface area contributed by atoms with Crippen LogP contribution in [0.1, 0.15) is 5.82 Å². The number of aromatic amines is 1. The normalized spacial score (nSPS) is 12.4. The first-order valence-corrected chi connectivity index (χ1v) is 7.43. The third kappa shape index (κ3) is 3.87. The Morgan fingerprint density at radius 1 is 1.27 bits per heavy atom. The van der Waals surface area contributed by atoms with Gasteiger partial charge in [-0.05, 0) is 24.3 Å². The van der Waals surface area contributed by atoms with Crippen LogP contribution in [0.2, 0.25) is 0 Å². The predicted octanol–water partition coefficient (Wildman–Crippen LogP) is 0.981. The van der Waals surface area contributed by atoms with E-state index in [2.05, 4.69) is 14.8 Å². The molecule has 0 saturated carbocycles. The maximum absolute atomic E-state index is 12.1. The van der Waals surface area contributed by atoms with Crippen molar-refractivity contribution in [3.63, 3.8) is 0 Å². The van der Waals surface area contributed by atoms with Crippen molar-refractivity contribution in [2.24, 2.45) is 7.05 Å². The van der Waals surface area contributed by atoms with Gasteiger partial charge in [-0.3, -0.25) is 4.98 Å². The SMILES string of the molecule is Cn1nc(CS(=O)(=O)c2ccc(OC(F)(F)F)cc2)[nH]c1=O. The van der Waals surface area contributed by atoms with Crippen molar-refractivity contribution in [3.05, 3.63) is 40.6 Å². The Labute approximate surface area is 122 Å². The van der Waals surface area contributed by atoms with Crippen molar-refractivity contribution < 1.29 is 26.3 Å². The van der Waals surface area contributed by atoms with Gasteiger partial charge in [0.05, 0.1) is 4.90 Å². The Kier molecular flexibility index (Phi) is 4.00. The van der Waals surface area contributed by atoms with E-state index in [1.54, 1.807) is 0 Å². The van der Waals surface area contributed by atoms with Crippen LogP contribution in [-0.4, -0.2) is 29.5 Å². The number of alkyl halides is 3. The average Bonchev–Trinajstić information content (AvgIpc) is 2.66. The van der Waals surface area contributed by atoms with Gasteiger partial charge in [0.25, 0.3) is 0 Å². The second-order valence-corrected chi connectivity index (χ2v) is 6.27. The summed E-state index contributed by atoms with van der Waals surface area (Å²) in [6.07, 6.45) is -4.85. The topological polar surface area (TPSA) is 94.0 Å². The van der Waals surface area contributed by atoms with E-state index in [0.717, 1.165) is 28.9 Å². The highest BCUT2D eigenvalue weighted by Gasteiger charge is 2.31. The van der Waals surface area contributed by atoms with Gasteiger partial charge in [-0.15, -0.1) is 13.2 Å². The molecule has 0 saturated heterocycles. The summed E-state index contributed by atoms with van der Waals surface area (Å²) in [5, 5.41) is 3.68. The second-order valence-electron chi connectivity index (χ2n) is 4.28. The van der Waals surface area contributed by atoms with Gasteiger partial charge < -0.3 is 4.74 Å². The Morgan fingerprint density at radius 3 is 2.32 bits per heavy atom. The van der Waals surface area contributed by atoms with E-state index < -0.39 is 33.4 Å². The molecule has 0 aliphatic heterocycles. The van der Waals surface area contributed by atoms with Crippen LogP contribution < -0.4 is 10.4 Å². The number of ether oxygens (including phenoxy) is 1. The summed E-state index contributed by atoms with van der Waals surface area (Å²) in [5.41, 5.74) is -0.570. The highest BCUT2D eigenvalue weighted by molar-refractivity contribution is 7.90. The highest BCUT2D eigenvalue weighted by Crippen LogP contribution is 2.24. The lowest BCUT2D eigenvalue weighted by Crippen LogP contribution is -2.17. The number of halogens is 3. The molecule has 22 heavy (non-hydrogen) atoms. The number of nitrogens with zero attached hydrogens (tertiary/aromatic N) is 2. The number of aryl methyl sites for hydroxylation is 1. The summed E-state index contributed by atoms with van der Waals surface area (Å²) in [6, 6.07) is 3.75. The van der Waals surface area contributed by atoms with Crippen LogP contribution in [0.15, 0.2) is 34.0 Å². The van der Waals surface area contributed by atoms with Crippen molar-refractivity contribution in [1.29, 1.82) is 0 Å². The summed E-state index contributed by atoms with van der Waals surface area (Å²) in [7, 11) is -2.51. The zero-order valence-corrected chi connectivity index (χ0v) is 11.9. The lowest BCUT2D eigenvalue weighted by atomic mass is 10.3.